The van der Waals surface area contributed by atoms with Crippen molar-refractivity contribution in [3.8, 4) is 5.75 Å². The maximum Gasteiger partial charge on any atom is 0.315 e. The van der Waals surface area contributed by atoms with E-state index < -0.39 is 12.0 Å². The van der Waals surface area contributed by atoms with Crippen LogP contribution in [0.25, 0.3) is 10.8 Å². The van der Waals surface area contributed by atoms with Crippen LogP contribution < -0.4 is 15.4 Å². The summed E-state index contributed by atoms with van der Waals surface area (Å²) >= 11 is 0. The zero-order valence-electron chi connectivity index (χ0n) is 13.8. The number of carboxylic acid groups (broad SMARTS) is 1. The van der Waals surface area contributed by atoms with Crippen LogP contribution in [0.15, 0.2) is 36.4 Å². The van der Waals surface area contributed by atoms with Crippen LogP contribution in [0.2, 0.25) is 0 Å². The molecule has 0 atom stereocenters. The molecule has 128 valence electrons. The summed E-state index contributed by atoms with van der Waals surface area (Å²) in [5.41, 5.74) is 0.898. The highest BCUT2D eigenvalue weighted by molar-refractivity contribution is 5.88. The van der Waals surface area contributed by atoms with E-state index in [2.05, 4.69) is 10.6 Å². The summed E-state index contributed by atoms with van der Waals surface area (Å²) in [6, 6.07) is 11.4. The number of urea groups is 1. The number of hydrogen-bond donors (Lipinski definition) is 3. The molecule has 0 radical (unpaired) electrons. The molecule has 2 aromatic carbocycles. The van der Waals surface area contributed by atoms with Gasteiger partial charge in [0.25, 0.3) is 0 Å². The molecule has 0 spiro atoms. The van der Waals surface area contributed by atoms with Gasteiger partial charge in [-0.15, -0.1) is 0 Å². The van der Waals surface area contributed by atoms with Crippen molar-refractivity contribution in [2.75, 3.05) is 6.54 Å². The van der Waals surface area contributed by atoms with Gasteiger partial charge in [0.15, 0.2) is 0 Å². The molecule has 0 aliphatic carbocycles. The van der Waals surface area contributed by atoms with Crippen molar-refractivity contribution in [1.82, 2.24) is 10.6 Å². The first-order valence-corrected chi connectivity index (χ1v) is 7.88. The number of carbonyl (C=O) groups excluding carboxylic acids is 1. The minimum atomic E-state index is -0.947. The maximum absolute atomic E-state index is 11.8. The first kappa shape index (κ1) is 17.6. The molecule has 2 aromatic rings. The number of hydrogen-bond acceptors (Lipinski definition) is 3. The lowest BCUT2D eigenvalue weighted by Crippen LogP contribution is -2.36. The van der Waals surface area contributed by atoms with Gasteiger partial charge < -0.3 is 20.5 Å². The number of rotatable bonds is 7. The Morgan fingerprint density at radius 2 is 1.88 bits per heavy atom. The quantitative estimate of drug-likeness (QED) is 0.728. The van der Waals surface area contributed by atoms with E-state index >= 15 is 0 Å². The number of aliphatic carboxylic acids is 1. The summed E-state index contributed by atoms with van der Waals surface area (Å²) in [5, 5.41) is 15.9. The second-order valence-electron chi connectivity index (χ2n) is 5.68. The summed E-state index contributed by atoms with van der Waals surface area (Å²) in [5.74, 6) is -0.216. The van der Waals surface area contributed by atoms with Crippen LogP contribution in [0.5, 0.6) is 5.75 Å². The molecule has 0 saturated heterocycles. The van der Waals surface area contributed by atoms with Gasteiger partial charge in [0.05, 0.1) is 12.5 Å². The Morgan fingerprint density at radius 1 is 1.12 bits per heavy atom. The second kappa shape index (κ2) is 8.19. The predicted octanol–water partition coefficient (Wildman–Crippen LogP) is 2.90. The summed E-state index contributed by atoms with van der Waals surface area (Å²) in [7, 11) is 0. The van der Waals surface area contributed by atoms with Crippen LogP contribution in [-0.2, 0) is 11.3 Å². The van der Waals surface area contributed by atoms with Crippen molar-refractivity contribution in [2.24, 2.45) is 0 Å². The lowest BCUT2D eigenvalue weighted by Gasteiger charge is -2.17. The first-order chi connectivity index (χ1) is 11.5. The highest BCUT2D eigenvalue weighted by atomic mass is 16.5. The van der Waals surface area contributed by atoms with Gasteiger partial charge in [-0.05, 0) is 30.7 Å². The first-order valence-electron chi connectivity index (χ1n) is 7.88. The Bertz CT molecular complexity index is 728. The van der Waals surface area contributed by atoms with E-state index in [9.17, 15) is 9.59 Å². The molecule has 0 aromatic heterocycles. The van der Waals surface area contributed by atoms with Crippen LogP contribution in [0.4, 0.5) is 4.79 Å². The van der Waals surface area contributed by atoms with E-state index in [1.807, 2.05) is 50.2 Å². The number of nitrogens with one attached hydrogen (secondary N) is 2. The van der Waals surface area contributed by atoms with Gasteiger partial charge >= 0.3 is 12.0 Å². The molecular weight excluding hydrogens is 308 g/mol. The Hall–Kier alpha value is -2.76. The Balaban J connectivity index is 2.13. The predicted molar refractivity (Wildman–Crippen MR) is 92.2 cm³/mol. The van der Waals surface area contributed by atoms with Gasteiger partial charge in [0, 0.05) is 18.7 Å². The van der Waals surface area contributed by atoms with Crippen molar-refractivity contribution in [2.45, 2.75) is 32.9 Å². The summed E-state index contributed by atoms with van der Waals surface area (Å²) in [6.07, 6.45) is -0.0852. The fourth-order valence-electron chi connectivity index (χ4n) is 2.38. The number of carboxylic acids is 1. The van der Waals surface area contributed by atoms with E-state index in [-0.39, 0.29) is 19.1 Å². The molecule has 0 bridgehead atoms. The number of fused-ring (bicyclic) bond motifs is 1. The fourth-order valence-corrected chi connectivity index (χ4v) is 2.38. The van der Waals surface area contributed by atoms with Crippen molar-refractivity contribution < 1.29 is 19.4 Å². The molecule has 3 N–H and O–H groups in total. The van der Waals surface area contributed by atoms with Crippen LogP contribution >= 0.6 is 0 Å². The molecule has 0 saturated carbocycles. The molecule has 6 nitrogen and oxygen atoms in total. The number of benzene rings is 2. The number of amides is 2. The highest BCUT2D eigenvalue weighted by Gasteiger charge is 2.11. The van der Waals surface area contributed by atoms with Gasteiger partial charge in [0.2, 0.25) is 0 Å². The van der Waals surface area contributed by atoms with E-state index in [1.54, 1.807) is 0 Å². The minimum Gasteiger partial charge on any atom is -0.491 e. The van der Waals surface area contributed by atoms with Gasteiger partial charge in [-0.2, -0.15) is 0 Å². The highest BCUT2D eigenvalue weighted by Crippen LogP contribution is 2.28. The molecule has 2 amide bonds. The second-order valence-corrected chi connectivity index (χ2v) is 5.68. The normalized spacial score (nSPS) is 10.6. The molecule has 0 fully saturated rings. The Labute approximate surface area is 140 Å². The lowest BCUT2D eigenvalue weighted by atomic mass is 10.0. The largest absolute Gasteiger partial charge is 0.491 e. The zero-order valence-corrected chi connectivity index (χ0v) is 13.8. The molecular formula is C18H22N2O4. The lowest BCUT2D eigenvalue weighted by molar-refractivity contribution is -0.136. The van der Waals surface area contributed by atoms with Gasteiger partial charge in [-0.1, -0.05) is 30.3 Å². The number of ether oxygens (including phenoxy) is 1. The zero-order chi connectivity index (χ0) is 17.5. The van der Waals surface area contributed by atoms with Gasteiger partial charge in [-0.3, -0.25) is 4.79 Å². The van der Waals surface area contributed by atoms with E-state index in [0.717, 1.165) is 22.1 Å². The summed E-state index contributed by atoms with van der Waals surface area (Å²) in [6.45, 7) is 4.28. The van der Waals surface area contributed by atoms with Gasteiger partial charge in [-0.25, -0.2) is 4.79 Å². The van der Waals surface area contributed by atoms with Crippen molar-refractivity contribution in [3.05, 3.63) is 42.0 Å². The SMILES string of the molecule is CC(C)Oc1ccc2ccccc2c1CNC(=O)NCCC(=O)O. The van der Waals surface area contributed by atoms with E-state index in [1.165, 1.54) is 0 Å². The van der Waals surface area contributed by atoms with Gasteiger partial charge in [0.1, 0.15) is 5.75 Å². The van der Waals surface area contributed by atoms with Crippen molar-refractivity contribution >= 4 is 22.8 Å². The third-order valence-electron chi connectivity index (χ3n) is 3.41. The van der Waals surface area contributed by atoms with Crippen LogP contribution in [0.3, 0.4) is 0 Å². The Morgan fingerprint density at radius 3 is 2.58 bits per heavy atom. The minimum absolute atomic E-state index is 0.0225. The Kier molecular flexibility index (Phi) is 6.01. The molecule has 0 heterocycles. The molecule has 24 heavy (non-hydrogen) atoms. The van der Waals surface area contributed by atoms with Crippen LogP contribution in [-0.4, -0.2) is 29.8 Å². The van der Waals surface area contributed by atoms with Crippen LogP contribution in [0, 0.1) is 0 Å². The fraction of sp³-hybridized carbons (Fsp3) is 0.333. The molecule has 6 heteroatoms. The van der Waals surface area contributed by atoms with Crippen LogP contribution in [0.1, 0.15) is 25.8 Å². The summed E-state index contributed by atoms with van der Waals surface area (Å²) < 4.78 is 5.85. The smallest absolute Gasteiger partial charge is 0.315 e. The maximum atomic E-state index is 11.8. The van der Waals surface area contributed by atoms with E-state index in [0.29, 0.717) is 6.54 Å². The topological polar surface area (TPSA) is 87.7 Å². The van der Waals surface area contributed by atoms with Crippen molar-refractivity contribution in [3.63, 3.8) is 0 Å². The monoisotopic (exact) mass is 330 g/mol. The third kappa shape index (κ3) is 4.87. The standard InChI is InChI=1S/C18H22N2O4/c1-12(2)24-16-8-7-13-5-3-4-6-14(13)15(16)11-20-18(23)19-10-9-17(21)22/h3-8,12H,9-11H2,1-2H3,(H,21,22)(H2,19,20,23). The third-order valence-corrected chi connectivity index (χ3v) is 3.41. The average molecular weight is 330 g/mol. The molecule has 2 rings (SSSR count). The summed E-state index contributed by atoms with van der Waals surface area (Å²) in [4.78, 5) is 22.3. The van der Waals surface area contributed by atoms with E-state index in [4.69, 9.17) is 9.84 Å². The average Bonchev–Trinajstić information content (AvgIpc) is 2.52. The van der Waals surface area contributed by atoms with Crippen molar-refractivity contribution in [1.29, 1.82) is 0 Å². The molecule has 0 aliphatic rings. The number of carbonyl (C=O) groups is 2. The molecule has 0 unspecified atom stereocenters. The molecule has 0 aliphatic heterocycles.